The molecule has 3 atom stereocenters. The molecule has 32 heavy (non-hydrogen) atoms. The molecule has 1 fully saturated rings. The van der Waals surface area contributed by atoms with Crippen molar-refractivity contribution < 1.29 is 28.7 Å². The van der Waals surface area contributed by atoms with Gasteiger partial charge in [0, 0.05) is 19.3 Å². The highest BCUT2D eigenvalue weighted by Gasteiger charge is 2.34. The molecule has 1 saturated carbocycles. The number of ether oxygens (including phenoxy) is 2. The number of hydrogen-bond acceptors (Lipinski definition) is 6. The minimum Gasteiger partial charge on any atom is -0.466 e. The summed E-state index contributed by atoms with van der Waals surface area (Å²) in [5.74, 6) is 0.190. The Morgan fingerprint density at radius 3 is 2.19 bits per heavy atom. The van der Waals surface area contributed by atoms with Crippen LogP contribution in [0.3, 0.4) is 0 Å². The zero-order valence-corrected chi connectivity index (χ0v) is 20.5. The molecule has 2 rings (SSSR count). The van der Waals surface area contributed by atoms with E-state index in [-0.39, 0.29) is 35.5 Å². The highest BCUT2D eigenvalue weighted by molar-refractivity contribution is 5.93. The molecule has 0 heterocycles. The van der Waals surface area contributed by atoms with E-state index in [1.807, 2.05) is 6.92 Å². The minimum atomic E-state index is -0.177. The fourth-order valence-electron chi connectivity index (χ4n) is 4.41. The minimum absolute atomic E-state index is 0.0378. The van der Waals surface area contributed by atoms with Gasteiger partial charge in [-0.1, -0.05) is 38.7 Å². The molecule has 0 spiro atoms. The first kappa shape index (κ1) is 28.1. The lowest BCUT2D eigenvalue weighted by atomic mass is 9.76. The monoisotopic (exact) mass is 450 g/mol. The van der Waals surface area contributed by atoms with E-state index in [0.29, 0.717) is 51.1 Å². The van der Waals surface area contributed by atoms with Gasteiger partial charge in [-0.15, -0.1) is 0 Å². The summed E-state index contributed by atoms with van der Waals surface area (Å²) in [6.07, 6.45) is 10.7. The number of rotatable bonds is 10. The maximum atomic E-state index is 11.7. The third-order valence-corrected chi connectivity index (χ3v) is 6.17. The molecule has 0 aromatic heterocycles. The van der Waals surface area contributed by atoms with Crippen molar-refractivity contribution in [2.24, 2.45) is 17.8 Å². The predicted molar refractivity (Wildman–Crippen MR) is 124 cm³/mol. The average Bonchev–Trinajstić information content (AvgIpc) is 2.77. The molecule has 0 bridgehead atoms. The van der Waals surface area contributed by atoms with E-state index in [0.717, 1.165) is 44.1 Å². The first-order valence-electron chi connectivity index (χ1n) is 12.5. The molecule has 0 aromatic rings. The first-order chi connectivity index (χ1) is 15.4. The maximum Gasteiger partial charge on any atom is 0.313 e. The van der Waals surface area contributed by atoms with Crippen LogP contribution in [0.2, 0.25) is 0 Å². The third-order valence-electron chi connectivity index (χ3n) is 6.17. The van der Waals surface area contributed by atoms with E-state index in [9.17, 15) is 19.2 Å². The molecule has 0 radical (unpaired) electrons. The van der Waals surface area contributed by atoms with Gasteiger partial charge in [0.05, 0.1) is 25.0 Å². The highest BCUT2D eigenvalue weighted by Crippen LogP contribution is 2.33. The first-order valence-corrected chi connectivity index (χ1v) is 12.5. The van der Waals surface area contributed by atoms with Crippen molar-refractivity contribution in [2.75, 3.05) is 13.2 Å². The number of hydrogen-bond donors (Lipinski definition) is 0. The lowest BCUT2D eigenvalue weighted by Gasteiger charge is -2.28. The van der Waals surface area contributed by atoms with E-state index in [1.54, 1.807) is 13.0 Å². The van der Waals surface area contributed by atoms with Crippen LogP contribution in [0.5, 0.6) is 0 Å². The summed E-state index contributed by atoms with van der Waals surface area (Å²) >= 11 is 0. The molecule has 0 aliphatic heterocycles. The fourth-order valence-corrected chi connectivity index (χ4v) is 4.41. The summed E-state index contributed by atoms with van der Waals surface area (Å²) in [6.45, 7) is 8.71. The van der Waals surface area contributed by atoms with Gasteiger partial charge in [0.1, 0.15) is 5.78 Å². The van der Waals surface area contributed by atoms with Gasteiger partial charge in [0.25, 0.3) is 0 Å². The molecule has 182 valence electrons. The molecule has 2 aliphatic carbocycles. The van der Waals surface area contributed by atoms with Crippen LogP contribution in [0.15, 0.2) is 11.6 Å². The van der Waals surface area contributed by atoms with Crippen LogP contribution in [-0.2, 0) is 28.7 Å². The number of ketones is 2. The number of esters is 2. The van der Waals surface area contributed by atoms with E-state index >= 15 is 0 Å². The molecule has 0 aromatic carbocycles. The van der Waals surface area contributed by atoms with Crippen LogP contribution in [-0.4, -0.2) is 36.7 Å². The summed E-state index contributed by atoms with van der Waals surface area (Å²) in [5, 5.41) is 0. The van der Waals surface area contributed by atoms with E-state index in [2.05, 4.69) is 13.8 Å². The molecular formula is C26H42O6. The van der Waals surface area contributed by atoms with Crippen LogP contribution in [0.25, 0.3) is 0 Å². The molecule has 0 N–H and O–H groups in total. The van der Waals surface area contributed by atoms with E-state index < -0.39 is 0 Å². The topological polar surface area (TPSA) is 86.7 Å². The largest absolute Gasteiger partial charge is 0.466 e. The Hall–Kier alpha value is -1.98. The van der Waals surface area contributed by atoms with Gasteiger partial charge in [-0.25, -0.2) is 0 Å². The molecule has 6 heteroatoms. The molecule has 0 amide bonds. The maximum absolute atomic E-state index is 11.7. The van der Waals surface area contributed by atoms with E-state index in [1.165, 1.54) is 0 Å². The van der Waals surface area contributed by atoms with Gasteiger partial charge in [0.2, 0.25) is 0 Å². The summed E-state index contributed by atoms with van der Waals surface area (Å²) in [4.78, 5) is 46.2. The van der Waals surface area contributed by atoms with Gasteiger partial charge < -0.3 is 9.47 Å². The lowest BCUT2D eigenvalue weighted by Crippen LogP contribution is -2.32. The van der Waals surface area contributed by atoms with Crippen molar-refractivity contribution in [3.63, 3.8) is 0 Å². The Kier molecular flexibility index (Phi) is 13.8. The number of Topliss-reactive ketones (excluding diaryl/α,β-unsaturated/α-hetero) is 1. The zero-order chi connectivity index (χ0) is 23.9. The molecule has 0 saturated heterocycles. The second-order valence-electron chi connectivity index (χ2n) is 8.67. The predicted octanol–water partition coefficient (Wildman–Crippen LogP) is 5.37. The van der Waals surface area contributed by atoms with Crippen LogP contribution >= 0.6 is 0 Å². The number of carbonyl (C=O) groups is 4. The summed E-state index contributed by atoms with van der Waals surface area (Å²) in [5.41, 5.74) is 0.969. The standard InChI is InChI=1S/C13H22O3.C13H20O3/c2*1-3-5-6-10-9-11(14)7-8-12(10)13(15)16-4-2/h10,12H,3-9H2,1-2H3;9,12H,3-8H2,1-2H3/t10-,12+;/m0./s1. The van der Waals surface area contributed by atoms with Crippen LogP contribution in [0.1, 0.15) is 98.3 Å². The average molecular weight is 451 g/mol. The smallest absolute Gasteiger partial charge is 0.313 e. The SMILES string of the molecule is CCCCC1=CC(=O)CCC1C(=O)OCC.CCCC[C@H]1CC(=O)CC[C@H]1C(=O)OCC. The Morgan fingerprint density at radius 1 is 0.906 bits per heavy atom. The summed E-state index contributed by atoms with van der Waals surface area (Å²) in [7, 11) is 0. The summed E-state index contributed by atoms with van der Waals surface area (Å²) in [6, 6.07) is 0. The highest BCUT2D eigenvalue weighted by atomic mass is 16.5. The molecule has 1 unspecified atom stereocenters. The van der Waals surface area contributed by atoms with Crippen molar-refractivity contribution in [3.05, 3.63) is 11.6 Å². The molecule has 2 aliphatic rings. The van der Waals surface area contributed by atoms with Gasteiger partial charge in [0.15, 0.2) is 5.78 Å². The Bertz CT molecular complexity index is 651. The second-order valence-corrected chi connectivity index (χ2v) is 8.67. The molecule has 6 nitrogen and oxygen atoms in total. The quantitative estimate of drug-likeness (QED) is 0.416. The van der Waals surface area contributed by atoms with Crippen molar-refractivity contribution in [3.8, 4) is 0 Å². The number of allylic oxidation sites excluding steroid dienone is 1. The Morgan fingerprint density at radius 2 is 1.56 bits per heavy atom. The van der Waals surface area contributed by atoms with Crippen molar-refractivity contribution in [2.45, 2.75) is 98.3 Å². The van der Waals surface area contributed by atoms with Crippen molar-refractivity contribution in [1.29, 1.82) is 0 Å². The van der Waals surface area contributed by atoms with Gasteiger partial charge >= 0.3 is 11.9 Å². The number of carbonyl (C=O) groups excluding carboxylic acids is 4. The summed E-state index contributed by atoms with van der Waals surface area (Å²) < 4.78 is 10.1. The second kappa shape index (κ2) is 15.8. The van der Waals surface area contributed by atoms with Gasteiger partial charge in [-0.3, -0.25) is 19.2 Å². The van der Waals surface area contributed by atoms with Crippen LogP contribution in [0.4, 0.5) is 0 Å². The van der Waals surface area contributed by atoms with Gasteiger partial charge in [-0.05, 0) is 57.9 Å². The van der Waals surface area contributed by atoms with Crippen molar-refractivity contribution >= 4 is 23.5 Å². The van der Waals surface area contributed by atoms with Crippen molar-refractivity contribution in [1.82, 2.24) is 0 Å². The fraction of sp³-hybridized carbons (Fsp3) is 0.769. The molecular weight excluding hydrogens is 408 g/mol. The Balaban J connectivity index is 0.000000320. The lowest BCUT2D eigenvalue weighted by molar-refractivity contribution is -0.152. The number of unbranched alkanes of at least 4 members (excludes halogenated alkanes) is 2. The third kappa shape index (κ3) is 9.66. The van der Waals surface area contributed by atoms with Crippen LogP contribution in [0, 0.1) is 17.8 Å². The zero-order valence-electron chi connectivity index (χ0n) is 20.5. The normalized spacial score (nSPS) is 23.0. The van der Waals surface area contributed by atoms with E-state index in [4.69, 9.17) is 9.47 Å². The Labute approximate surface area is 193 Å². The van der Waals surface area contributed by atoms with Gasteiger partial charge in [-0.2, -0.15) is 0 Å². The van der Waals surface area contributed by atoms with Crippen LogP contribution < -0.4 is 0 Å².